The van der Waals surface area contributed by atoms with E-state index in [4.69, 9.17) is 26.2 Å². The zero-order valence-corrected chi connectivity index (χ0v) is 20.6. The first-order chi connectivity index (χ1) is 17.4. The summed E-state index contributed by atoms with van der Waals surface area (Å²) in [6.45, 7) is 1.82. The van der Waals surface area contributed by atoms with Gasteiger partial charge < -0.3 is 24.8 Å². The number of likely N-dealkylation sites (N-methyl/N-ethyl adjacent to an activating group) is 1. The maximum absolute atomic E-state index is 11.7. The molecule has 0 aliphatic heterocycles. The van der Waals surface area contributed by atoms with E-state index in [9.17, 15) is 4.79 Å². The summed E-state index contributed by atoms with van der Waals surface area (Å²) in [6.07, 6.45) is 1.31. The number of carbonyl (C=O) groups excluding carboxylic acids is 1. The van der Waals surface area contributed by atoms with Gasteiger partial charge >= 0.3 is 6.01 Å². The number of amides is 1. The Morgan fingerprint density at radius 3 is 2.69 bits per heavy atom. The summed E-state index contributed by atoms with van der Waals surface area (Å²) in [5, 5.41) is 13.6. The van der Waals surface area contributed by atoms with Crippen molar-refractivity contribution in [1.29, 1.82) is 0 Å². The van der Waals surface area contributed by atoms with E-state index in [0.717, 1.165) is 11.1 Å². The molecule has 0 unspecified atom stereocenters. The highest BCUT2D eigenvalue weighted by Gasteiger charge is 2.16. The topological polar surface area (TPSA) is 110 Å². The minimum Gasteiger partial charge on any atom is -0.486 e. The molecule has 10 heteroatoms. The number of aliphatic hydroxyl groups is 1. The molecule has 1 amide bonds. The Hall–Kier alpha value is -3.95. The van der Waals surface area contributed by atoms with E-state index in [2.05, 4.69) is 20.3 Å². The molecule has 0 spiro atoms. The number of benzene rings is 2. The summed E-state index contributed by atoms with van der Waals surface area (Å²) in [4.78, 5) is 26.3. The van der Waals surface area contributed by atoms with Gasteiger partial charge in [0.1, 0.15) is 30.9 Å². The van der Waals surface area contributed by atoms with Crippen LogP contribution >= 0.6 is 11.6 Å². The summed E-state index contributed by atoms with van der Waals surface area (Å²) >= 11 is 6.47. The smallest absolute Gasteiger partial charge is 0.319 e. The van der Waals surface area contributed by atoms with Gasteiger partial charge in [0, 0.05) is 24.3 Å². The van der Waals surface area contributed by atoms with Gasteiger partial charge in [-0.3, -0.25) is 9.78 Å². The fourth-order valence-corrected chi connectivity index (χ4v) is 3.73. The molecule has 2 N–H and O–H groups in total. The van der Waals surface area contributed by atoms with Crippen LogP contribution in [0.4, 0.5) is 11.5 Å². The number of hydrogen-bond acceptors (Lipinski definition) is 8. The average molecular weight is 508 g/mol. The van der Waals surface area contributed by atoms with Gasteiger partial charge in [0.2, 0.25) is 5.91 Å². The summed E-state index contributed by atoms with van der Waals surface area (Å²) < 4.78 is 11.7. The second-order valence-corrected chi connectivity index (χ2v) is 8.52. The molecule has 0 fully saturated rings. The maximum Gasteiger partial charge on any atom is 0.319 e. The Kier molecular flexibility index (Phi) is 8.14. The van der Waals surface area contributed by atoms with Crippen molar-refractivity contribution in [2.75, 3.05) is 25.5 Å². The SMILES string of the molecule is C[C@@H](CN(C)C(=O)CO)Oc1nc(Nc2ccc(OCc3ccccn3)c(Cl)c2)c2ccccc2n1. The van der Waals surface area contributed by atoms with Crippen molar-refractivity contribution < 1.29 is 19.4 Å². The molecule has 9 nitrogen and oxygen atoms in total. The van der Waals surface area contributed by atoms with Crippen molar-refractivity contribution in [2.24, 2.45) is 0 Å². The van der Waals surface area contributed by atoms with Crippen LogP contribution in [0.3, 0.4) is 0 Å². The largest absolute Gasteiger partial charge is 0.486 e. The molecule has 1 atom stereocenters. The lowest BCUT2D eigenvalue weighted by Gasteiger charge is -2.21. The summed E-state index contributed by atoms with van der Waals surface area (Å²) in [5.74, 6) is 0.692. The van der Waals surface area contributed by atoms with Crippen LogP contribution in [0.5, 0.6) is 11.8 Å². The lowest BCUT2D eigenvalue weighted by atomic mass is 10.2. The molecule has 0 saturated carbocycles. The van der Waals surface area contributed by atoms with E-state index < -0.39 is 18.6 Å². The molecule has 2 aromatic carbocycles. The van der Waals surface area contributed by atoms with Crippen LogP contribution in [-0.4, -0.2) is 57.2 Å². The van der Waals surface area contributed by atoms with Crippen molar-refractivity contribution >= 4 is 39.9 Å². The van der Waals surface area contributed by atoms with Gasteiger partial charge in [-0.15, -0.1) is 0 Å². The van der Waals surface area contributed by atoms with Crippen molar-refractivity contribution in [3.05, 3.63) is 77.6 Å². The fourth-order valence-electron chi connectivity index (χ4n) is 3.50. The molecule has 0 aliphatic rings. The lowest BCUT2D eigenvalue weighted by Crippen LogP contribution is -2.37. The Morgan fingerprint density at radius 1 is 1.14 bits per heavy atom. The van der Waals surface area contributed by atoms with Crippen LogP contribution in [0, 0.1) is 0 Å². The highest BCUT2D eigenvalue weighted by Crippen LogP contribution is 2.31. The number of ether oxygens (including phenoxy) is 2. The van der Waals surface area contributed by atoms with Crippen LogP contribution in [0.25, 0.3) is 10.9 Å². The van der Waals surface area contributed by atoms with Crippen LogP contribution in [0.2, 0.25) is 5.02 Å². The minimum absolute atomic E-state index is 0.162. The molecule has 0 saturated heterocycles. The molecule has 4 rings (SSSR count). The van der Waals surface area contributed by atoms with E-state index in [1.807, 2.05) is 48.5 Å². The lowest BCUT2D eigenvalue weighted by molar-refractivity contribution is -0.133. The van der Waals surface area contributed by atoms with Crippen molar-refractivity contribution in [3.8, 4) is 11.8 Å². The van der Waals surface area contributed by atoms with Gasteiger partial charge in [0.15, 0.2) is 0 Å². The first-order valence-electron chi connectivity index (χ1n) is 11.3. The third-order valence-corrected chi connectivity index (χ3v) is 5.57. The van der Waals surface area contributed by atoms with Gasteiger partial charge in [-0.25, -0.2) is 0 Å². The molecule has 2 heterocycles. The first-order valence-corrected chi connectivity index (χ1v) is 11.7. The number of anilines is 2. The molecule has 4 aromatic rings. The Morgan fingerprint density at radius 2 is 1.94 bits per heavy atom. The quantitative estimate of drug-likeness (QED) is 0.328. The van der Waals surface area contributed by atoms with Gasteiger partial charge in [0.25, 0.3) is 0 Å². The molecule has 36 heavy (non-hydrogen) atoms. The van der Waals surface area contributed by atoms with Crippen LogP contribution in [0.15, 0.2) is 66.9 Å². The van der Waals surface area contributed by atoms with E-state index in [1.54, 1.807) is 32.3 Å². The molecular formula is C26H26ClN5O4. The van der Waals surface area contributed by atoms with Gasteiger partial charge in [-0.2, -0.15) is 9.97 Å². The number of pyridine rings is 1. The van der Waals surface area contributed by atoms with Crippen LogP contribution in [-0.2, 0) is 11.4 Å². The highest BCUT2D eigenvalue weighted by molar-refractivity contribution is 6.32. The number of carbonyl (C=O) groups is 1. The Labute approximate surface area is 213 Å². The Bertz CT molecular complexity index is 1340. The predicted molar refractivity (Wildman–Crippen MR) is 138 cm³/mol. The van der Waals surface area contributed by atoms with Gasteiger partial charge in [-0.1, -0.05) is 29.8 Å². The summed E-state index contributed by atoms with van der Waals surface area (Å²) in [5.41, 5.74) is 2.21. The van der Waals surface area contributed by atoms with Crippen molar-refractivity contribution in [1.82, 2.24) is 19.9 Å². The molecule has 0 aliphatic carbocycles. The van der Waals surface area contributed by atoms with E-state index in [-0.39, 0.29) is 12.6 Å². The maximum atomic E-state index is 11.7. The van der Waals surface area contributed by atoms with E-state index in [0.29, 0.717) is 34.4 Å². The monoisotopic (exact) mass is 507 g/mol. The van der Waals surface area contributed by atoms with E-state index >= 15 is 0 Å². The zero-order valence-electron chi connectivity index (χ0n) is 19.9. The summed E-state index contributed by atoms with van der Waals surface area (Å²) in [6, 6.07) is 18.7. The second kappa shape index (κ2) is 11.7. The molecule has 0 radical (unpaired) electrons. The summed E-state index contributed by atoms with van der Waals surface area (Å²) in [7, 11) is 1.60. The van der Waals surface area contributed by atoms with Gasteiger partial charge in [-0.05, 0) is 49.4 Å². The number of fused-ring (bicyclic) bond motifs is 1. The number of hydrogen-bond donors (Lipinski definition) is 2. The zero-order chi connectivity index (χ0) is 25.5. The average Bonchev–Trinajstić information content (AvgIpc) is 2.88. The fraction of sp³-hybridized carbons (Fsp3) is 0.231. The standard InChI is InChI=1S/C26H26ClN5O4/c1-17(14-32(2)24(34)15-33)36-26-30-22-9-4-3-8-20(22)25(31-26)29-18-10-11-23(21(27)13-18)35-16-19-7-5-6-12-28-19/h3-13,17,33H,14-16H2,1-2H3,(H,29,30,31)/t17-/m0/s1. The number of rotatable bonds is 10. The number of nitrogens with zero attached hydrogens (tertiary/aromatic N) is 4. The highest BCUT2D eigenvalue weighted by atomic mass is 35.5. The molecular weight excluding hydrogens is 482 g/mol. The first kappa shape index (κ1) is 25.2. The van der Waals surface area contributed by atoms with Crippen LogP contribution < -0.4 is 14.8 Å². The number of nitrogens with one attached hydrogen (secondary N) is 1. The number of para-hydroxylation sites is 1. The normalized spacial score (nSPS) is 11.7. The van der Waals surface area contributed by atoms with Crippen LogP contribution in [0.1, 0.15) is 12.6 Å². The van der Waals surface area contributed by atoms with E-state index in [1.165, 1.54) is 4.90 Å². The third kappa shape index (κ3) is 6.38. The second-order valence-electron chi connectivity index (χ2n) is 8.11. The number of halogens is 1. The Balaban J connectivity index is 1.51. The minimum atomic E-state index is -0.556. The molecule has 2 aromatic heterocycles. The third-order valence-electron chi connectivity index (χ3n) is 5.28. The number of aromatic nitrogens is 3. The molecule has 186 valence electrons. The van der Waals surface area contributed by atoms with Crippen molar-refractivity contribution in [3.63, 3.8) is 0 Å². The number of aliphatic hydroxyl groups excluding tert-OH is 1. The predicted octanol–water partition coefficient (Wildman–Crippen LogP) is 4.22. The van der Waals surface area contributed by atoms with Gasteiger partial charge in [0.05, 0.1) is 22.8 Å². The van der Waals surface area contributed by atoms with Crippen molar-refractivity contribution in [2.45, 2.75) is 19.6 Å². The molecule has 0 bridgehead atoms.